The van der Waals surface area contributed by atoms with Crippen LogP contribution in [-0.2, 0) is 16.0 Å². The summed E-state index contributed by atoms with van der Waals surface area (Å²) in [6.07, 6.45) is 1.92. The van der Waals surface area contributed by atoms with Gasteiger partial charge in [0.15, 0.2) is 0 Å². The molecule has 0 radical (unpaired) electrons. The first-order chi connectivity index (χ1) is 10.1. The van der Waals surface area contributed by atoms with E-state index in [1.165, 1.54) is 0 Å². The average molecular weight is 276 g/mol. The van der Waals surface area contributed by atoms with Crippen LogP contribution in [0.3, 0.4) is 0 Å². The van der Waals surface area contributed by atoms with E-state index in [1.54, 1.807) is 4.90 Å². The summed E-state index contributed by atoms with van der Waals surface area (Å²) in [5.74, 6) is -0.599. The normalized spacial score (nSPS) is 20.5. The first-order valence-corrected chi connectivity index (χ1v) is 6.80. The minimum atomic E-state index is -0.511. The molecule has 0 spiro atoms. The number of hydrogen-bond acceptors (Lipinski definition) is 3. The number of nitrogens with one attached hydrogen (secondary N) is 1. The van der Waals surface area contributed by atoms with E-state index in [1.807, 2.05) is 30.3 Å². The molecule has 0 aromatic heterocycles. The van der Waals surface area contributed by atoms with Crippen LogP contribution in [0.25, 0.3) is 0 Å². The summed E-state index contributed by atoms with van der Waals surface area (Å²) >= 11 is 0. The number of primary amides is 1. The number of nitrogens with two attached hydrogens (primary N) is 1. The summed E-state index contributed by atoms with van der Waals surface area (Å²) in [4.78, 5) is 25.6. The van der Waals surface area contributed by atoms with Gasteiger partial charge in [-0.2, -0.15) is 0 Å². The van der Waals surface area contributed by atoms with Crippen molar-refractivity contribution in [1.82, 2.24) is 10.2 Å². The van der Waals surface area contributed by atoms with Crippen molar-refractivity contribution in [3.63, 3.8) is 0 Å². The van der Waals surface area contributed by atoms with Gasteiger partial charge in [-0.05, 0) is 31.8 Å². The molecule has 3 N–H and O–H groups in total. The number of amides is 2. The molecule has 0 aliphatic carbocycles. The predicted molar refractivity (Wildman–Crippen MR) is 76.9 cm³/mol. The molecule has 2 atom stereocenters. The van der Waals surface area contributed by atoms with E-state index in [2.05, 4.69) is 5.32 Å². The maximum atomic E-state index is 12.6. The number of likely N-dealkylation sites (N-methyl/N-ethyl adjacent to an activating group) is 1. The fraction of sp³-hybridized carbons (Fsp3) is 0.467. The highest BCUT2D eigenvalue weighted by Gasteiger charge is 2.35. The van der Waals surface area contributed by atoms with Gasteiger partial charge in [0.05, 0.1) is 6.04 Å². The van der Waals surface area contributed by atoms with Gasteiger partial charge in [-0.1, -0.05) is 30.3 Å². The van der Waals surface area contributed by atoms with Crippen LogP contribution < -0.4 is 11.1 Å². The van der Waals surface area contributed by atoms with Crippen LogP contribution in [0.4, 0.5) is 0 Å². The Hall–Kier alpha value is -1.88. The number of benzene rings is 1. The third kappa shape index (κ3) is 3.17. The predicted octanol–water partition coefficient (Wildman–Crippen LogP) is 0.293. The number of nitrogens with zero attached hydrogens (tertiary/aromatic N) is 1. The zero-order valence-electron chi connectivity index (χ0n) is 12.4. The Balaban J connectivity index is 2.10. The van der Waals surface area contributed by atoms with Crippen molar-refractivity contribution in [2.45, 2.75) is 31.3 Å². The van der Waals surface area contributed by atoms with Gasteiger partial charge in [-0.15, -0.1) is 0 Å². The van der Waals surface area contributed by atoms with E-state index in [9.17, 15) is 9.59 Å². The molecule has 1 aliphatic rings. The van der Waals surface area contributed by atoms with Crippen molar-refractivity contribution >= 4 is 11.8 Å². The monoisotopic (exact) mass is 276 g/mol. The number of rotatable bonds is 5. The molecular weight excluding hydrogens is 254 g/mol. The van der Waals surface area contributed by atoms with Gasteiger partial charge in [0.1, 0.15) is 6.04 Å². The quantitative estimate of drug-likeness (QED) is 0.812. The Labute approximate surface area is 120 Å². The maximum Gasteiger partial charge on any atom is 0.240 e. The van der Waals surface area contributed by atoms with Crippen LogP contribution >= 0.6 is 0 Å². The summed E-state index contributed by atoms with van der Waals surface area (Å²) in [5, 5.41) is 2.89. The lowest BCUT2D eigenvalue weighted by molar-refractivity contribution is -0.138. The highest BCUT2D eigenvalue weighted by molar-refractivity contribution is 5.89. The Morgan fingerprint density at radius 1 is 1.50 bits per heavy atom. The van der Waals surface area contributed by atoms with E-state index in [4.69, 9.17) is 7.10 Å². The van der Waals surface area contributed by atoms with Crippen LogP contribution in [0.15, 0.2) is 30.3 Å². The minimum absolute atomic E-state index is 0.0433. The van der Waals surface area contributed by atoms with Gasteiger partial charge >= 0.3 is 0 Å². The summed E-state index contributed by atoms with van der Waals surface area (Å²) in [5.41, 5.74) is 6.38. The van der Waals surface area contributed by atoms with Crippen molar-refractivity contribution in [2.75, 3.05) is 13.6 Å². The average Bonchev–Trinajstić information content (AvgIpc) is 2.97. The van der Waals surface area contributed by atoms with E-state index < -0.39 is 18.0 Å². The van der Waals surface area contributed by atoms with E-state index >= 15 is 0 Å². The van der Waals surface area contributed by atoms with Gasteiger partial charge in [-0.25, -0.2) is 0 Å². The lowest BCUT2D eigenvalue weighted by atomic mass is 10.0. The molecule has 0 bridgehead atoms. The fourth-order valence-electron chi connectivity index (χ4n) is 2.62. The Kier molecular flexibility index (Phi) is 4.28. The summed E-state index contributed by atoms with van der Waals surface area (Å²) in [6, 6.07) is 8.64. The van der Waals surface area contributed by atoms with Crippen molar-refractivity contribution in [2.24, 2.45) is 5.73 Å². The highest BCUT2D eigenvalue weighted by atomic mass is 16.2. The molecule has 5 heteroatoms. The van der Waals surface area contributed by atoms with Gasteiger partial charge in [0.2, 0.25) is 11.8 Å². The van der Waals surface area contributed by atoms with Gasteiger partial charge in [-0.3, -0.25) is 9.59 Å². The zero-order chi connectivity index (χ0) is 15.2. The first kappa shape index (κ1) is 13.1. The molecule has 1 heterocycles. The smallest absolute Gasteiger partial charge is 0.240 e. The summed E-state index contributed by atoms with van der Waals surface area (Å²) in [7, 11) is -0.0433. The number of hydrogen-bond donors (Lipinski definition) is 2. The van der Waals surface area contributed by atoms with Crippen molar-refractivity contribution < 1.29 is 11.0 Å². The molecule has 0 saturated carbocycles. The molecule has 1 aliphatic heterocycles. The number of likely N-dealkylation sites (tertiary alicyclic amines) is 1. The second-order valence-electron chi connectivity index (χ2n) is 5.04. The number of carbonyl (C=O) groups is 2. The topological polar surface area (TPSA) is 75.4 Å². The third-order valence-electron chi connectivity index (χ3n) is 3.69. The second-order valence-corrected chi connectivity index (χ2v) is 5.04. The lowest BCUT2D eigenvalue weighted by Crippen LogP contribution is -2.51. The Morgan fingerprint density at radius 2 is 2.25 bits per heavy atom. The van der Waals surface area contributed by atoms with Crippen molar-refractivity contribution in [3.05, 3.63) is 35.9 Å². The van der Waals surface area contributed by atoms with Gasteiger partial charge < -0.3 is 16.0 Å². The van der Waals surface area contributed by atoms with E-state index in [0.717, 1.165) is 12.0 Å². The molecule has 108 valence electrons. The highest BCUT2D eigenvalue weighted by Crippen LogP contribution is 2.19. The molecule has 2 rings (SSSR count). The van der Waals surface area contributed by atoms with Crippen LogP contribution in [0.5, 0.6) is 0 Å². The summed E-state index contributed by atoms with van der Waals surface area (Å²) < 4.78 is 7.32. The molecule has 20 heavy (non-hydrogen) atoms. The molecule has 1 aromatic rings. The Bertz CT molecular complexity index is 495. The van der Waals surface area contributed by atoms with Crippen LogP contribution in [-0.4, -0.2) is 42.4 Å². The summed E-state index contributed by atoms with van der Waals surface area (Å²) in [6.45, 7) is 0.553. The third-order valence-corrected chi connectivity index (χ3v) is 3.69. The minimum Gasteiger partial charge on any atom is -0.368 e. The molecule has 2 amide bonds. The van der Waals surface area contributed by atoms with Crippen LogP contribution in [0, 0.1) is 0 Å². The fourth-order valence-corrected chi connectivity index (χ4v) is 2.62. The van der Waals surface area contributed by atoms with Crippen LogP contribution in [0.2, 0.25) is 0 Å². The molecule has 5 nitrogen and oxygen atoms in total. The van der Waals surface area contributed by atoms with Crippen molar-refractivity contribution in [1.29, 1.82) is 0 Å². The van der Waals surface area contributed by atoms with E-state index in [0.29, 0.717) is 19.4 Å². The van der Waals surface area contributed by atoms with E-state index in [-0.39, 0.29) is 12.9 Å². The largest absolute Gasteiger partial charge is 0.368 e. The maximum absolute atomic E-state index is 12.6. The molecule has 1 aromatic carbocycles. The lowest BCUT2D eigenvalue weighted by Gasteiger charge is -2.27. The second kappa shape index (κ2) is 6.52. The van der Waals surface area contributed by atoms with Crippen molar-refractivity contribution in [3.8, 4) is 0 Å². The standard InChI is InChI=1S/C15H21N3O2/c1-17-12(10-11-6-3-2-4-7-11)15(20)18-9-5-8-13(18)14(16)19/h2-4,6-7,12-13,17H,5,8-10H2,1H3,(H2,16,19)/t12-,13-/m0/s1/i1D. The SMILES string of the molecule is [2H]CN[C@@H](Cc1ccccc1)C(=O)N1CCC[C@H]1C(N)=O. The van der Waals surface area contributed by atoms with Gasteiger partial charge in [0, 0.05) is 7.92 Å². The Morgan fingerprint density at radius 3 is 2.90 bits per heavy atom. The first-order valence-electron chi connectivity index (χ1n) is 7.50. The van der Waals surface area contributed by atoms with Crippen LogP contribution in [0.1, 0.15) is 19.8 Å². The van der Waals surface area contributed by atoms with Gasteiger partial charge in [0.25, 0.3) is 0 Å². The molecule has 1 fully saturated rings. The zero-order valence-corrected chi connectivity index (χ0v) is 11.4. The number of carbonyl (C=O) groups excluding carboxylic acids is 2. The molecule has 0 unspecified atom stereocenters. The molecule has 1 saturated heterocycles. The molecular formula is C15H21N3O2.